The highest BCUT2D eigenvalue weighted by atomic mass is 32.1. The van der Waals surface area contributed by atoms with E-state index in [0.29, 0.717) is 0 Å². The smallest absolute Gasteiger partial charge is 0.240 e. The second-order valence-electron chi connectivity index (χ2n) is 4.43. The number of carbonyl (C=O) groups excluding carboxylic acids is 1. The summed E-state index contributed by atoms with van der Waals surface area (Å²) >= 11 is 1.72. The maximum atomic E-state index is 12.3. The van der Waals surface area contributed by atoms with E-state index in [2.05, 4.69) is 16.8 Å². The molecule has 4 heteroatoms. The molecule has 0 aliphatic carbocycles. The summed E-state index contributed by atoms with van der Waals surface area (Å²) in [5.41, 5.74) is 0. The predicted molar refractivity (Wildman–Crippen MR) is 71.1 cm³/mol. The quantitative estimate of drug-likeness (QED) is 0.891. The van der Waals surface area contributed by atoms with Crippen molar-refractivity contribution in [2.75, 3.05) is 13.1 Å². The lowest BCUT2D eigenvalue weighted by Crippen LogP contribution is -2.48. The summed E-state index contributed by atoms with van der Waals surface area (Å²) in [6.07, 6.45) is 3.35. The number of rotatable bonds is 4. The van der Waals surface area contributed by atoms with Gasteiger partial charge in [0.05, 0.1) is 12.6 Å². The lowest BCUT2D eigenvalue weighted by Gasteiger charge is -2.29. The monoisotopic (exact) mass is 252 g/mol. The summed E-state index contributed by atoms with van der Waals surface area (Å²) in [6, 6.07) is 4.18. The summed E-state index contributed by atoms with van der Waals surface area (Å²) in [5, 5.41) is 5.39. The van der Waals surface area contributed by atoms with Crippen LogP contribution in [-0.4, -0.2) is 29.9 Å². The second-order valence-corrected chi connectivity index (χ2v) is 5.47. The van der Waals surface area contributed by atoms with E-state index in [1.807, 2.05) is 17.9 Å². The van der Waals surface area contributed by atoms with Crippen LogP contribution >= 0.6 is 11.3 Å². The van der Waals surface area contributed by atoms with Gasteiger partial charge in [0, 0.05) is 11.4 Å². The minimum absolute atomic E-state index is 0.0451. The Hall–Kier alpha value is -0.870. The van der Waals surface area contributed by atoms with Gasteiger partial charge in [0.15, 0.2) is 0 Å². The molecule has 1 aliphatic heterocycles. The molecule has 0 saturated carbocycles. The largest absolute Gasteiger partial charge is 0.336 e. The Balaban J connectivity index is 1.94. The van der Waals surface area contributed by atoms with Crippen molar-refractivity contribution in [3.63, 3.8) is 0 Å². The molecule has 0 aromatic carbocycles. The maximum absolute atomic E-state index is 12.3. The fourth-order valence-electron chi connectivity index (χ4n) is 2.22. The molecule has 17 heavy (non-hydrogen) atoms. The van der Waals surface area contributed by atoms with Crippen LogP contribution < -0.4 is 5.32 Å². The first-order chi connectivity index (χ1) is 8.31. The predicted octanol–water partition coefficient (Wildman–Crippen LogP) is 2.24. The van der Waals surface area contributed by atoms with Crippen molar-refractivity contribution in [2.24, 2.45) is 0 Å². The number of carbonyl (C=O) groups is 1. The third kappa shape index (κ3) is 3.30. The van der Waals surface area contributed by atoms with Crippen molar-refractivity contribution in [3.05, 3.63) is 22.4 Å². The highest BCUT2D eigenvalue weighted by Crippen LogP contribution is 2.15. The summed E-state index contributed by atoms with van der Waals surface area (Å²) in [4.78, 5) is 15.5. The summed E-state index contributed by atoms with van der Waals surface area (Å²) in [5.74, 6) is 0.264. The Morgan fingerprint density at radius 2 is 2.47 bits per heavy atom. The van der Waals surface area contributed by atoms with Gasteiger partial charge in [-0.15, -0.1) is 11.3 Å². The van der Waals surface area contributed by atoms with Gasteiger partial charge in [0.25, 0.3) is 0 Å². The third-order valence-corrected chi connectivity index (χ3v) is 4.09. The first-order valence-electron chi connectivity index (χ1n) is 6.36. The molecule has 0 spiro atoms. The van der Waals surface area contributed by atoms with E-state index in [9.17, 15) is 4.79 Å². The summed E-state index contributed by atoms with van der Waals surface area (Å²) < 4.78 is 0. The lowest BCUT2D eigenvalue weighted by molar-refractivity contribution is -0.134. The molecule has 1 fully saturated rings. The molecule has 2 rings (SSSR count). The van der Waals surface area contributed by atoms with Crippen LogP contribution in [0.25, 0.3) is 0 Å². The normalized spacial score (nSPS) is 20.2. The average Bonchev–Trinajstić information content (AvgIpc) is 2.89. The van der Waals surface area contributed by atoms with Gasteiger partial charge in [0.2, 0.25) is 5.91 Å². The molecule has 1 amide bonds. The van der Waals surface area contributed by atoms with Crippen LogP contribution in [0.1, 0.15) is 31.1 Å². The van der Waals surface area contributed by atoms with Crippen molar-refractivity contribution in [3.8, 4) is 0 Å². The summed E-state index contributed by atoms with van der Waals surface area (Å²) in [7, 11) is 0. The SMILES string of the molecule is CCN(Cc1cccs1)C(=O)[C@@H]1CCCCN1. The maximum Gasteiger partial charge on any atom is 0.240 e. The van der Waals surface area contributed by atoms with Crippen molar-refractivity contribution in [1.82, 2.24) is 10.2 Å². The van der Waals surface area contributed by atoms with Gasteiger partial charge in [-0.2, -0.15) is 0 Å². The second kappa shape index (κ2) is 6.17. The van der Waals surface area contributed by atoms with Crippen molar-refractivity contribution in [1.29, 1.82) is 0 Å². The first-order valence-corrected chi connectivity index (χ1v) is 7.23. The van der Waals surface area contributed by atoms with E-state index >= 15 is 0 Å². The van der Waals surface area contributed by atoms with Gasteiger partial charge in [-0.05, 0) is 37.8 Å². The molecule has 1 aliphatic rings. The standard InChI is InChI=1S/C13H20N2OS/c1-2-15(10-11-6-5-9-17-11)13(16)12-7-3-4-8-14-12/h5-6,9,12,14H,2-4,7-8,10H2,1H3/t12-/m0/s1. The van der Waals surface area contributed by atoms with Crippen LogP contribution in [0.15, 0.2) is 17.5 Å². The van der Waals surface area contributed by atoms with E-state index in [4.69, 9.17) is 0 Å². The lowest BCUT2D eigenvalue weighted by atomic mass is 10.0. The molecule has 1 atom stereocenters. The number of hydrogen-bond donors (Lipinski definition) is 1. The first kappa shape index (κ1) is 12.6. The number of thiophene rings is 1. The van der Waals surface area contributed by atoms with Gasteiger partial charge in [-0.1, -0.05) is 12.5 Å². The molecule has 3 nitrogen and oxygen atoms in total. The van der Waals surface area contributed by atoms with Crippen molar-refractivity contribution < 1.29 is 4.79 Å². The number of likely N-dealkylation sites (N-methyl/N-ethyl adjacent to an activating group) is 1. The van der Waals surface area contributed by atoms with Crippen molar-refractivity contribution >= 4 is 17.2 Å². The van der Waals surface area contributed by atoms with Gasteiger partial charge in [0.1, 0.15) is 0 Å². The topological polar surface area (TPSA) is 32.3 Å². The minimum Gasteiger partial charge on any atom is -0.336 e. The Kier molecular flexibility index (Phi) is 4.57. The average molecular weight is 252 g/mol. The van der Waals surface area contributed by atoms with Crippen molar-refractivity contribution in [2.45, 2.75) is 38.8 Å². The van der Waals surface area contributed by atoms with Crippen LogP contribution in [0.5, 0.6) is 0 Å². The van der Waals surface area contributed by atoms with Crippen LogP contribution in [0.3, 0.4) is 0 Å². The fourth-order valence-corrected chi connectivity index (χ4v) is 2.94. The van der Waals surface area contributed by atoms with Gasteiger partial charge in [-0.25, -0.2) is 0 Å². The van der Waals surface area contributed by atoms with Crippen LogP contribution in [0.4, 0.5) is 0 Å². The zero-order chi connectivity index (χ0) is 12.1. The highest BCUT2D eigenvalue weighted by molar-refractivity contribution is 7.09. The number of nitrogens with zero attached hydrogens (tertiary/aromatic N) is 1. The molecule has 0 radical (unpaired) electrons. The number of amides is 1. The Morgan fingerprint density at radius 3 is 3.06 bits per heavy atom. The molecular weight excluding hydrogens is 232 g/mol. The zero-order valence-corrected chi connectivity index (χ0v) is 11.1. The minimum atomic E-state index is 0.0451. The van der Waals surface area contributed by atoms with E-state index < -0.39 is 0 Å². The van der Waals surface area contributed by atoms with E-state index in [1.54, 1.807) is 11.3 Å². The van der Waals surface area contributed by atoms with Crippen LogP contribution in [0.2, 0.25) is 0 Å². The molecule has 0 bridgehead atoms. The van der Waals surface area contributed by atoms with Crippen LogP contribution in [-0.2, 0) is 11.3 Å². The molecule has 1 aromatic heterocycles. The molecule has 94 valence electrons. The number of nitrogens with one attached hydrogen (secondary N) is 1. The van der Waals surface area contributed by atoms with Gasteiger partial charge < -0.3 is 10.2 Å². The van der Waals surface area contributed by atoms with Crippen LogP contribution in [0, 0.1) is 0 Å². The molecule has 2 heterocycles. The summed E-state index contributed by atoms with van der Waals surface area (Å²) in [6.45, 7) is 4.57. The number of hydrogen-bond acceptors (Lipinski definition) is 3. The van der Waals surface area contributed by atoms with Gasteiger partial charge >= 0.3 is 0 Å². The number of piperidine rings is 1. The van der Waals surface area contributed by atoms with E-state index in [0.717, 1.165) is 26.1 Å². The van der Waals surface area contributed by atoms with E-state index in [1.165, 1.54) is 17.7 Å². The van der Waals surface area contributed by atoms with Gasteiger partial charge in [-0.3, -0.25) is 4.79 Å². The Bertz CT molecular complexity index is 344. The van der Waals surface area contributed by atoms with E-state index in [-0.39, 0.29) is 11.9 Å². The molecule has 1 N–H and O–H groups in total. The molecule has 0 unspecified atom stereocenters. The Morgan fingerprint density at radius 1 is 1.59 bits per heavy atom. The fraction of sp³-hybridized carbons (Fsp3) is 0.615. The molecule has 1 saturated heterocycles. The third-order valence-electron chi connectivity index (χ3n) is 3.23. The molecular formula is C13H20N2OS. The zero-order valence-electron chi connectivity index (χ0n) is 10.3. The Labute approximate surface area is 107 Å². The molecule has 1 aromatic rings. The highest BCUT2D eigenvalue weighted by Gasteiger charge is 2.24.